The first-order chi connectivity index (χ1) is 13.9. The largest absolute Gasteiger partial charge is 0.367 e. The maximum Gasteiger partial charge on any atom is 0.253 e. The molecule has 2 aliphatic rings. The summed E-state index contributed by atoms with van der Waals surface area (Å²) in [6.45, 7) is 1.27. The van der Waals surface area contributed by atoms with Crippen LogP contribution in [0.3, 0.4) is 0 Å². The number of sulfone groups is 1. The fourth-order valence-corrected chi connectivity index (χ4v) is 4.96. The number of carbonyl (C=O) groups is 1. The van der Waals surface area contributed by atoms with Gasteiger partial charge < -0.3 is 9.64 Å². The second kappa shape index (κ2) is 8.28. The number of amides is 1. The summed E-state index contributed by atoms with van der Waals surface area (Å²) in [6, 6.07) is 13.0. The Balaban J connectivity index is 1.63. The molecule has 2 aromatic rings. The van der Waals surface area contributed by atoms with E-state index in [1.54, 1.807) is 12.1 Å². The van der Waals surface area contributed by atoms with Crippen LogP contribution in [0.4, 0.5) is 5.69 Å². The molecule has 1 fully saturated rings. The molecule has 0 saturated heterocycles. The number of hydrogen-bond acceptors (Lipinski definition) is 4. The number of fused-ring (bicyclic) bond motifs is 1. The molecule has 6 heteroatoms. The van der Waals surface area contributed by atoms with Crippen LogP contribution in [-0.4, -0.2) is 33.7 Å². The molecule has 0 atom stereocenters. The Morgan fingerprint density at radius 3 is 2.34 bits per heavy atom. The zero-order valence-corrected chi connectivity index (χ0v) is 17.6. The molecule has 29 heavy (non-hydrogen) atoms. The molecule has 5 nitrogen and oxygen atoms in total. The molecule has 4 rings (SSSR count). The highest BCUT2D eigenvalue weighted by Crippen LogP contribution is 2.33. The van der Waals surface area contributed by atoms with E-state index in [1.807, 2.05) is 29.2 Å². The fraction of sp³-hybridized carbons (Fsp3) is 0.435. The molecular formula is C23H27NO4S. The van der Waals surface area contributed by atoms with Crippen molar-refractivity contribution in [2.75, 3.05) is 24.3 Å². The second-order valence-electron chi connectivity index (χ2n) is 8.14. The van der Waals surface area contributed by atoms with Crippen LogP contribution in [0, 0.1) is 5.92 Å². The topological polar surface area (TPSA) is 63.7 Å². The maximum absolute atomic E-state index is 12.7. The molecule has 0 radical (unpaired) electrons. The van der Waals surface area contributed by atoms with Crippen LogP contribution in [0.1, 0.15) is 37.7 Å². The van der Waals surface area contributed by atoms with Crippen LogP contribution in [0.5, 0.6) is 0 Å². The first-order valence-corrected chi connectivity index (χ1v) is 12.1. The molecule has 1 amide bonds. The van der Waals surface area contributed by atoms with Gasteiger partial charge in [0.15, 0.2) is 9.84 Å². The predicted octanol–water partition coefficient (Wildman–Crippen LogP) is 4.20. The summed E-state index contributed by atoms with van der Waals surface area (Å²) >= 11 is 0. The molecule has 0 unspecified atom stereocenters. The zero-order chi connectivity index (χ0) is 20.4. The van der Waals surface area contributed by atoms with Gasteiger partial charge in [0.25, 0.3) is 5.91 Å². The van der Waals surface area contributed by atoms with E-state index in [0.29, 0.717) is 17.4 Å². The van der Waals surface area contributed by atoms with Crippen molar-refractivity contribution in [2.45, 2.75) is 43.6 Å². The highest BCUT2D eigenvalue weighted by atomic mass is 32.2. The normalized spacial score (nSPS) is 18.4. The van der Waals surface area contributed by atoms with E-state index in [0.717, 1.165) is 28.9 Å². The Bertz CT molecular complexity index is 992. The average molecular weight is 414 g/mol. The second-order valence-corrected chi connectivity index (χ2v) is 10.2. The van der Waals surface area contributed by atoms with E-state index in [9.17, 15) is 13.2 Å². The Morgan fingerprint density at radius 1 is 0.966 bits per heavy atom. The lowest BCUT2D eigenvalue weighted by atomic mass is 9.88. The van der Waals surface area contributed by atoms with Crippen molar-refractivity contribution in [3.05, 3.63) is 48.0 Å². The quantitative estimate of drug-likeness (QED) is 0.754. The van der Waals surface area contributed by atoms with Gasteiger partial charge in [-0.25, -0.2) is 8.42 Å². The van der Waals surface area contributed by atoms with Crippen molar-refractivity contribution < 1.29 is 17.9 Å². The van der Waals surface area contributed by atoms with Crippen molar-refractivity contribution in [2.24, 2.45) is 5.92 Å². The van der Waals surface area contributed by atoms with Crippen LogP contribution in [0.2, 0.25) is 0 Å². The number of nitrogens with zero attached hydrogens (tertiary/aromatic N) is 1. The number of carbonyl (C=O) groups excluding carboxylic acids is 1. The van der Waals surface area contributed by atoms with Crippen LogP contribution in [0.25, 0.3) is 11.1 Å². The van der Waals surface area contributed by atoms with Crippen molar-refractivity contribution in [3.8, 4) is 11.1 Å². The van der Waals surface area contributed by atoms with Crippen molar-refractivity contribution >= 4 is 21.4 Å². The number of anilines is 1. The van der Waals surface area contributed by atoms with Gasteiger partial charge in [-0.1, -0.05) is 37.5 Å². The molecule has 1 saturated carbocycles. The summed E-state index contributed by atoms with van der Waals surface area (Å²) in [5.41, 5.74) is 3.86. The lowest BCUT2D eigenvalue weighted by Gasteiger charge is -2.30. The van der Waals surface area contributed by atoms with Crippen molar-refractivity contribution in [1.82, 2.24) is 0 Å². The molecule has 1 aliphatic carbocycles. The monoisotopic (exact) mass is 413 g/mol. The van der Waals surface area contributed by atoms with Crippen molar-refractivity contribution in [3.63, 3.8) is 0 Å². The molecule has 154 valence electrons. The Morgan fingerprint density at radius 2 is 1.66 bits per heavy atom. The van der Waals surface area contributed by atoms with E-state index in [4.69, 9.17) is 4.74 Å². The Labute approximate surface area is 172 Å². The lowest BCUT2D eigenvalue weighted by Crippen LogP contribution is -2.37. The summed E-state index contributed by atoms with van der Waals surface area (Å²) in [5.74, 6) is 0.585. The zero-order valence-electron chi connectivity index (χ0n) is 16.8. The third-order valence-electron chi connectivity index (χ3n) is 5.94. The Kier molecular flexibility index (Phi) is 5.74. The van der Waals surface area contributed by atoms with Gasteiger partial charge in [0.2, 0.25) is 0 Å². The summed E-state index contributed by atoms with van der Waals surface area (Å²) in [4.78, 5) is 14.9. The SMILES string of the molecule is CS(=O)(=O)c1ccc(-c2ccc3c(c2)COCC(=O)N3CC2CCCCC2)cc1. The van der Waals surface area contributed by atoms with Gasteiger partial charge in [0.1, 0.15) is 6.61 Å². The van der Waals surface area contributed by atoms with E-state index in [-0.39, 0.29) is 12.5 Å². The Hall–Kier alpha value is -2.18. The fourth-order valence-electron chi connectivity index (χ4n) is 4.33. The predicted molar refractivity (Wildman–Crippen MR) is 114 cm³/mol. The maximum atomic E-state index is 12.7. The van der Waals surface area contributed by atoms with E-state index in [2.05, 4.69) is 6.07 Å². The van der Waals surface area contributed by atoms with Gasteiger partial charge in [-0.2, -0.15) is 0 Å². The van der Waals surface area contributed by atoms with E-state index in [1.165, 1.54) is 38.4 Å². The standard InChI is InChI=1S/C23H27NO4S/c1-29(26,27)21-10-7-18(8-11-21)19-9-12-22-20(13-19)15-28-16-23(25)24(22)14-17-5-3-2-4-6-17/h7-13,17H,2-6,14-16H2,1H3. The highest BCUT2D eigenvalue weighted by Gasteiger charge is 2.26. The van der Waals surface area contributed by atoms with Gasteiger partial charge in [-0.3, -0.25) is 4.79 Å². The molecular weight excluding hydrogens is 386 g/mol. The molecule has 0 spiro atoms. The number of benzene rings is 2. The number of hydrogen-bond donors (Lipinski definition) is 0. The molecule has 1 heterocycles. The summed E-state index contributed by atoms with van der Waals surface area (Å²) in [6.07, 6.45) is 7.37. The molecule has 0 bridgehead atoms. The minimum Gasteiger partial charge on any atom is -0.367 e. The summed E-state index contributed by atoms with van der Waals surface area (Å²) in [5, 5.41) is 0. The summed E-state index contributed by atoms with van der Waals surface area (Å²) in [7, 11) is -3.21. The van der Waals surface area contributed by atoms with Crippen LogP contribution >= 0.6 is 0 Å². The molecule has 0 aromatic heterocycles. The van der Waals surface area contributed by atoms with Gasteiger partial charge in [-0.05, 0) is 54.2 Å². The van der Waals surface area contributed by atoms with E-state index < -0.39 is 9.84 Å². The minimum absolute atomic E-state index is 0.0274. The number of ether oxygens (including phenoxy) is 1. The first-order valence-electron chi connectivity index (χ1n) is 10.2. The molecule has 1 aliphatic heterocycles. The van der Waals surface area contributed by atoms with Crippen LogP contribution in [-0.2, 0) is 26.0 Å². The van der Waals surface area contributed by atoms with Crippen molar-refractivity contribution in [1.29, 1.82) is 0 Å². The first kappa shape index (κ1) is 20.1. The number of rotatable bonds is 4. The third kappa shape index (κ3) is 4.54. The van der Waals surface area contributed by atoms with Gasteiger partial charge in [0, 0.05) is 24.1 Å². The highest BCUT2D eigenvalue weighted by molar-refractivity contribution is 7.90. The average Bonchev–Trinajstić information content (AvgIpc) is 2.87. The van der Waals surface area contributed by atoms with Gasteiger partial charge in [-0.15, -0.1) is 0 Å². The molecule has 2 aromatic carbocycles. The minimum atomic E-state index is -3.21. The lowest BCUT2D eigenvalue weighted by molar-refractivity contribution is -0.123. The van der Waals surface area contributed by atoms with Gasteiger partial charge in [0.05, 0.1) is 11.5 Å². The van der Waals surface area contributed by atoms with E-state index >= 15 is 0 Å². The molecule has 0 N–H and O–H groups in total. The van der Waals surface area contributed by atoms with Crippen LogP contribution in [0.15, 0.2) is 47.4 Å². The summed E-state index contributed by atoms with van der Waals surface area (Å²) < 4.78 is 29.0. The van der Waals surface area contributed by atoms with Gasteiger partial charge >= 0.3 is 0 Å². The third-order valence-corrected chi connectivity index (χ3v) is 7.06. The van der Waals surface area contributed by atoms with Crippen LogP contribution < -0.4 is 4.90 Å². The smallest absolute Gasteiger partial charge is 0.253 e.